The van der Waals surface area contributed by atoms with E-state index in [-0.39, 0.29) is 41.2 Å². The highest BCUT2D eigenvalue weighted by Gasteiger charge is 2.68. The molecule has 1 saturated heterocycles. The van der Waals surface area contributed by atoms with Crippen molar-refractivity contribution in [3.05, 3.63) is 11.6 Å². The molecule has 6 aliphatic rings. The number of hydrogen-bond donors (Lipinski definition) is 3. The van der Waals surface area contributed by atoms with Gasteiger partial charge in [-0.05, 0) is 94.0 Å². The molecule has 5 fully saturated rings. The van der Waals surface area contributed by atoms with E-state index in [0.29, 0.717) is 32.3 Å². The minimum absolute atomic E-state index is 0.0482. The van der Waals surface area contributed by atoms with E-state index in [0.717, 1.165) is 37.7 Å². The third-order valence-electron chi connectivity index (χ3n) is 12.1. The van der Waals surface area contributed by atoms with Crippen LogP contribution in [-0.2, 0) is 28.5 Å². The van der Waals surface area contributed by atoms with Crippen molar-refractivity contribution in [2.75, 3.05) is 13.7 Å². The van der Waals surface area contributed by atoms with Gasteiger partial charge in [0.05, 0.1) is 17.8 Å². The molecule has 218 valence electrons. The van der Waals surface area contributed by atoms with Gasteiger partial charge in [0, 0.05) is 24.0 Å². The van der Waals surface area contributed by atoms with Gasteiger partial charge in [0.15, 0.2) is 6.29 Å². The summed E-state index contributed by atoms with van der Waals surface area (Å²) in [5.74, 6) is 0.152. The molecule has 2 aliphatic heterocycles. The second-order valence-electron chi connectivity index (χ2n) is 13.4. The van der Waals surface area contributed by atoms with Crippen LogP contribution in [0.25, 0.3) is 0 Å². The van der Waals surface area contributed by atoms with Gasteiger partial charge in [-0.25, -0.2) is 4.79 Å². The summed E-state index contributed by atoms with van der Waals surface area (Å²) in [6.07, 6.45) is 5.39. The number of aliphatic hydroxyl groups excluding tert-OH is 2. The Balaban J connectivity index is 1.18. The second kappa shape index (κ2) is 9.88. The van der Waals surface area contributed by atoms with Crippen molar-refractivity contribution in [2.24, 2.45) is 34.5 Å². The second-order valence-corrected chi connectivity index (χ2v) is 13.4. The molecular weight excluding hydrogens is 504 g/mol. The van der Waals surface area contributed by atoms with Crippen molar-refractivity contribution in [3.8, 4) is 0 Å². The minimum Gasteiger partial charge on any atom is -0.458 e. The van der Waals surface area contributed by atoms with E-state index < -0.39 is 41.7 Å². The van der Waals surface area contributed by atoms with E-state index >= 15 is 0 Å². The molecule has 4 aliphatic carbocycles. The maximum atomic E-state index is 13.0. The molecule has 4 saturated carbocycles. The van der Waals surface area contributed by atoms with E-state index in [1.165, 1.54) is 13.4 Å². The number of ether oxygens (including phenoxy) is 4. The highest BCUT2D eigenvalue weighted by atomic mass is 16.7. The summed E-state index contributed by atoms with van der Waals surface area (Å²) in [7, 11) is 1.46. The zero-order valence-electron chi connectivity index (χ0n) is 23.3. The molecular formula is C30H44O9. The van der Waals surface area contributed by atoms with Crippen molar-refractivity contribution >= 4 is 12.3 Å². The molecule has 39 heavy (non-hydrogen) atoms. The lowest BCUT2D eigenvalue weighted by Crippen LogP contribution is -2.63. The number of hydrogen-bond acceptors (Lipinski definition) is 9. The first-order valence-electron chi connectivity index (χ1n) is 14.8. The lowest BCUT2D eigenvalue weighted by atomic mass is 9.43. The van der Waals surface area contributed by atoms with Gasteiger partial charge < -0.3 is 39.1 Å². The van der Waals surface area contributed by atoms with Gasteiger partial charge in [0.2, 0.25) is 0 Å². The molecule has 13 atom stereocenters. The Labute approximate surface area is 230 Å². The molecule has 0 aromatic rings. The largest absolute Gasteiger partial charge is 0.458 e. The predicted molar refractivity (Wildman–Crippen MR) is 138 cm³/mol. The van der Waals surface area contributed by atoms with Crippen molar-refractivity contribution in [3.63, 3.8) is 0 Å². The molecule has 0 aromatic carbocycles. The fourth-order valence-corrected chi connectivity index (χ4v) is 10.00. The lowest BCUT2D eigenvalue weighted by molar-refractivity contribution is -0.312. The molecule has 9 heteroatoms. The average Bonchev–Trinajstić information content (AvgIpc) is 3.47. The first-order chi connectivity index (χ1) is 18.6. The summed E-state index contributed by atoms with van der Waals surface area (Å²) in [6.45, 7) is 4.25. The van der Waals surface area contributed by atoms with Crippen LogP contribution in [0.4, 0.5) is 0 Å². The van der Waals surface area contributed by atoms with E-state index in [1.54, 1.807) is 13.0 Å². The van der Waals surface area contributed by atoms with Crippen LogP contribution in [0.2, 0.25) is 0 Å². The summed E-state index contributed by atoms with van der Waals surface area (Å²) in [5.41, 5.74) is -0.682. The zero-order chi connectivity index (χ0) is 27.7. The van der Waals surface area contributed by atoms with Gasteiger partial charge in [0.1, 0.15) is 31.2 Å². The number of carbonyl (C=O) groups is 2. The van der Waals surface area contributed by atoms with E-state index in [4.69, 9.17) is 18.9 Å². The third kappa shape index (κ3) is 4.02. The molecule has 2 heterocycles. The van der Waals surface area contributed by atoms with Gasteiger partial charge in [0.25, 0.3) is 0 Å². The van der Waals surface area contributed by atoms with Crippen LogP contribution in [0.15, 0.2) is 11.6 Å². The Bertz CT molecular complexity index is 1010. The Kier molecular flexibility index (Phi) is 7.04. The third-order valence-corrected chi connectivity index (χ3v) is 12.1. The monoisotopic (exact) mass is 548 g/mol. The quantitative estimate of drug-likeness (QED) is 0.269. The Morgan fingerprint density at radius 3 is 2.54 bits per heavy atom. The van der Waals surface area contributed by atoms with Crippen LogP contribution in [0.1, 0.15) is 71.6 Å². The van der Waals surface area contributed by atoms with E-state index in [2.05, 4.69) is 6.92 Å². The summed E-state index contributed by atoms with van der Waals surface area (Å²) in [4.78, 5) is 24.8. The van der Waals surface area contributed by atoms with Gasteiger partial charge in [-0.1, -0.05) is 6.92 Å². The smallest absolute Gasteiger partial charge is 0.331 e. The molecule has 6 rings (SSSR count). The van der Waals surface area contributed by atoms with Gasteiger partial charge >= 0.3 is 5.97 Å². The number of rotatable bonds is 5. The minimum atomic E-state index is -1.11. The highest BCUT2D eigenvalue weighted by Crippen LogP contribution is 2.69. The number of aliphatic hydroxyl groups is 3. The summed E-state index contributed by atoms with van der Waals surface area (Å²) < 4.78 is 22.6. The summed E-state index contributed by atoms with van der Waals surface area (Å²) >= 11 is 0. The Morgan fingerprint density at radius 1 is 1.05 bits per heavy atom. The zero-order valence-corrected chi connectivity index (χ0v) is 23.3. The summed E-state index contributed by atoms with van der Waals surface area (Å²) in [5, 5.41) is 33.4. The molecule has 0 unspecified atom stereocenters. The van der Waals surface area contributed by atoms with Crippen LogP contribution in [0.3, 0.4) is 0 Å². The number of cyclic esters (lactones) is 1. The van der Waals surface area contributed by atoms with Gasteiger partial charge in [-0.2, -0.15) is 0 Å². The standard InChI is InChI=1S/C30H44O9/c1-16-24(33)26(36-3)25(34)27(38-16)39-19-6-10-29(15-31)18(13-19)4-5-22-21(29)7-9-28(2)20(8-11-30(22,28)35)17-12-23(32)37-14-17/h12,15-16,18-22,24-27,33-35H,4-11,13-14H2,1-3H3/t16-,18-,19-,20-,21+,22-,24-,25+,26+,27+,28-,29-,30-/m1/s1. The van der Waals surface area contributed by atoms with Crippen molar-refractivity contribution in [1.82, 2.24) is 0 Å². The fraction of sp³-hybridized carbons (Fsp3) is 0.867. The van der Waals surface area contributed by atoms with Crippen molar-refractivity contribution in [2.45, 2.75) is 114 Å². The molecule has 9 nitrogen and oxygen atoms in total. The first kappa shape index (κ1) is 27.8. The lowest BCUT2D eigenvalue weighted by Gasteiger charge is -2.63. The number of methoxy groups -OCH3 is 1. The molecule has 0 bridgehead atoms. The number of aldehydes is 1. The van der Waals surface area contributed by atoms with Gasteiger partial charge in [-0.3, -0.25) is 0 Å². The maximum absolute atomic E-state index is 13.0. The maximum Gasteiger partial charge on any atom is 0.331 e. The fourth-order valence-electron chi connectivity index (χ4n) is 10.00. The van der Waals surface area contributed by atoms with Crippen LogP contribution in [0.5, 0.6) is 0 Å². The van der Waals surface area contributed by atoms with Crippen LogP contribution >= 0.6 is 0 Å². The van der Waals surface area contributed by atoms with Crippen molar-refractivity contribution in [1.29, 1.82) is 0 Å². The summed E-state index contributed by atoms with van der Waals surface area (Å²) in [6, 6.07) is 0. The molecule has 3 N–H and O–H groups in total. The molecule has 0 radical (unpaired) electrons. The van der Waals surface area contributed by atoms with Crippen LogP contribution in [0, 0.1) is 34.5 Å². The molecule has 0 spiro atoms. The Morgan fingerprint density at radius 2 is 1.85 bits per heavy atom. The number of fused-ring (bicyclic) bond motifs is 5. The van der Waals surface area contributed by atoms with Crippen LogP contribution < -0.4 is 0 Å². The highest BCUT2D eigenvalue weighted by molar-refractivity contribution is 5.85. The van der Waals surface area contributed by atoms with Crippen molar-refractivity contribution < 1.29 is 43.9 Å². The van der Waals surface area contributed by atoms with E-state index in [1.807, 2.05) is 0 Å². The predicted octanol–water partition coefficient (Wildman–Crippen LogP) is 2.29. The first-order valence-corrected chi connectivity index (χ1v) is 14.8. The number of carbonyl (C=O) groups excluding carboxylic acids is 2. The molecule has 0 aromatic heterocycles. The normalized spacial score (nSPS) is 53.3. The van der Waals surface area contributed by atoms with Crippen LogP contribution in [-0.4, -0.2) is 83.7 Å². The SMILES string of the molecule is CO[C@@H]1[C@H](O)[C@H](O[C@@H]2CC[C@@]3(C=O)[C@H](CC[C@@H]4[C@@H]3CC[C@]3(C)[C@@H](C5=CC(=O)OC5)CC[C@@]43O)C2)O[C@H](C)[C@H]1O. The Hall–Kier alpha value is -1.36. The average molecular weight is 549 g/mol. The van der Waals surface area contributed by atoms with Gasteiger partial charge in [-0.15, -0.1) is 0 Å². The molecule has 0 amide bonds. The number of esters is 1. The topological polar surface area (TPSA) is 132 Å². The van der Waals surface area contributed by atoms with E-state index in [9.17, 15) is 24.9 Å².